The molecule has 0 aromatic heterocycles. The molecule has 0 aromatic rings. The predicted octanol–water partition coefficient (Wildman–Crippen LogP) is 0.305. The summed E-state index contributed by atoms with van der Waals surface area (Å²) in [5.74, 6) is -0.793. The van der Waals surface area contributed by atoms with Crippen LogP contribution in [0.5, 0.6) is 0 Å². The van der Waals surface area contributed by atoms with E-state index < -0.39 is 17.7 Å². The SMILES string of the molecule is CCC(=O)C(O)C(=O)CC. The Morgan fingerprint density at radius 2 is 1.50 bits per heavy atom. The fourth-order valence-electron chi connectivity index (χ4n) is 0.566. The van der Waals surface area contributed by atoms with Gasteiger partial charge in [0, 0.05) is 12.8 Å². The summed E-state index contributed by atoms with van der Waals surface area (Å²) in [7, 11) is 0. The third kappa shape index (κ3) is 2.27. The molecule has 0 saturated heterocycles. The number of rotatable bonds is 4. The lowest BCUT2D eigenvalue weighted by Gasteiger charge is -2.03. The predicted molar refractivity (Wildman–Crippen MR) is 36.6 cm³/mol. The van der Waals surface area contributed by atoms with Crippen LogP contribution in [0, 0.1) is 0 Å². The van der Waals surface area contributed by atoms with E-state index in [-0.39, 0.29) is 12.8 Å². The van der Waals surface area contributed by atoms with Gasteiger partial charge < -0.3 is 5.11 Å². The molecule has 0 aliphatic heterocycles. The second-order valence-electron chi connectivity index (χ2n) is 2.04. The number of hydrogen-bond donors (Lipinski definition) is 1. The minimum absolute atomic E-state index is 0.215. The Hall–Kier alpha value is -0.700. The van der Waals surface area contributed by atoms with Crippen molar-refractivity contribution in [3.63, 3.8) is 0 Å². The van der Waals surface area contributed by atoms with Crippen LogP contribution in [0.1, 0.15) is 26.7 Å². The minimum Gasteiger partial charge on any atom is -0.378 e. The largest absolute Gasteiger partial charge is 0.378 e. The van der Waals surface area contributed by atoms with Crippen LogP contribution in [-0.4, -0.2) is 22.8 Å². The van der Waals surface area contributed by atoms with Crippen molar-refractivity contribution in [3.8, 4) is 0 Å². The molecule has 0 atom stereocenters. The third-order valence-corrected chi connectivity index (χ3v) is 1.31. The van der Waals surface area contributed by atoms with Crippen LogP contribution in [0.2, 0.25) is 0 Å². The maximum atomic E-state index is 10.6. The average molecular weight is 144 g/mol. The smallest absolute Gasteiger partial charge is 0.170 e. The van der Waals surface area contributed by atoms with Gasteiger partial charge in [0.2, 0.25) is 0 Å². The molecule has 0 aliphatic rings. The number of ketones is 2. The zero-order valence-electron chi connectivity index (χ0n) is 6.26. The van der Waals surface area contributed by atoms with Crippen molar-refractivity contribution < 1.29 is 14.7 Å². The minimum atomic E-state index is -1.38. The molecule has 1 N–H and O–H groups in total. The molecule has 0 heterocycles. The lowest BCUT2D eigenvalue weighted by molar-refractivity contribution is -0.138. The second-order valence-corrected chi connectivity index (χ2v) is 2.04. The van der Waals surface area contributed by atoms with Gasteiger partial charge in [0.15, 0.2) is 17.7 Å². The van der Waals surface area contributed by atoms with E-state index in [1.165, 1.54) is 0 Å². The second kappa shape index (κ2) is 4.17. The Morgan fingerprint density at radius 1 is 1.20 bits per heavy atom. The highest BCUT2D eigenvalue weighted by Crippen LogP contribution is 1.95. The number of Topliss-reactive ketones (excluding diaryl/α,β-unsaturated/α-hetero) is 2. The summed E-state index contributed by atoms with van der Waals surface area (Å²) in [5, 5.41) is 8.89. The zero-order chi connectivity index (χ0) is 8.15. The Labute approximate surface area is 60.0 Å². The average Bonchev–Trinajstić information content (AvgIpc) is 2.00. The molecule has 3 heteroatoms. The molecule has 0 spiro atoms. The maximum Gasteiger partial charge on any atom is 0.170 e. The Morgan fingerprint density at radius 3 is 1.70 bits per heavy atom. The van der Waals surface area contributed by atoms with E-state index in [1.54, 1.807) is 13.8 Å². The van der Waals surface area contributed by atoms with Crippen LogP contribution in [0.25, 0.3) is 0 Å². The van der Waals surface area contributed by atoms with Crippen molar-refractivity contribution in [2.75, 3.05) is 0 Å². The molecular formula is C7H12O3. The summed E-state index contributed by atoms with van der Waals surface area (Å²) >= 11 is 0. The highest BCUT2D eigenvalue weighted by Gasteiger charge is 2.19. The van der Waals surface area contributed by atoms with Crippen molar-refractivity contribution in [2.45, 2.75) is 32.8 Å². The van der Waals surface area contributed by atoms with Gasteiger partial charge in [-0.2, -0.15) is 0 Å². The van der Waals surface area contributed by atoms with E-state index in [0.29, 0.717) is 0 Å². The Kier molecular flexibility index (Phi) is 3.88. The van der Waals surface area contributed by atoms with Crippen LogP contribution in [-0.2, 0) is 9.59 Å². The summed E-state index contributed by atoms with van der Waals surface area (Å²) < 4.78 is 0. The van der Waals surface area contributed by atoms with Crippen molar-refractivity contribution in [1.29, 1.82) is 0 Å². The van der Waals surface area contributed by atoms with Crippen molar-refractivity contribution >= 4 is 11.6 Å². The van der Waals surface area contributed by atoms with Gasteiger partial charge in [-0.3, -0.25) is 9.59 Å². The molecule has 10 heavy (non-hydrogen) atoms. The van der Waals surface area contributed by atoms with Gasteiger partial charge in [-0.15, -0.1) is 0 Å². The quantitative estimate of drug-likeness (QED) is 0.577. The highest BCUT2D eigenvalue weighted by molar-refractivity contribution is 6.04. The first kappa shape index (κ1) is 9.30. The standard InChI is InChI=1S/C7H12O3/c1-3-5(8)7(10)6(9)4-2/h7,10H,3-4H2,1-2H3. The molecule has 0 amide bonds. The van der Waals surface area contributed by atoms with Gasteiger partial charge in [0.05, 0.1) is 0 Å². The fourth-order valence-corrected chi connectivity index (χ4v) is 0.566. The molecule has 0 saturated carbocycles. The molecule has 58 valence electrons. The van der Waals surface area contributed by atoms with Crippen LogP contribution in [0.4, 0.5) is 0 Å². The fraction of sp³-hybridized carbons (Fsp3) is 0.714. The molecule has 3 nitrogen and oxygen atoms in total. The first-order chi connectivity index (χ1) is 4.63. The van der Waals surface area contributed by atoms with Gasteiger partial charge in [-0.1, -0.05) is 13.8 Å². The first-order valence-corrected chi connectivity index (χ1v) is 3.37. The number of carbonyl (C=O) groups is 2. The molecular weight excluding hydrogens is 132 g/mol. The van der Waals surface area contributed by atoms with Crippen LogP contribution < -0.4 is 0 Å². The lowest BCUT2D eigenvalue weighted by Crippen LogP contribution is -2.28. The lowest BCUT2D eigenvalue weighted by atomic mass is 10.1. The Bertz CT molecular complexity index is 124. The number of hydrogen-bond acceptors (Lipinski definition) is 3. The van der Waals surface area contributed by atoms with Crippen LogP contribution in [0.3, 0.4) is 0 Å². The molecule has 0 rings (SSSR count). The normalized spacial score (nSPS) is 10.0. The Balaban J connectivity index is 3.94. The molecule has 0 unspecified atom stereocenters. The summed E-state index contributed by atoms with van der Waals surface area (Å²) in [6.07, 6.45) is -0.949. The van der Waals surface area contributed by atoms with Crippen molar-refractivity contribution in [1.82, 2.24) is 0 Å². The van der Waals surface area contributed by atoms with Crippen molar-refractivity contribution in [2.24, 2.45) is 0 Å². The van der Waals surface area contributed by atoms with Gasteiger partial charge in [0.25, 0.3) is 0 Å². The molecule has 0 aliphatic carbocycles. The van der Waals surface area contributed by atoms with E-state index in [2.05, 4.69) is 0 Å². The summed E-state index contributed by atoms with van der Waals surface area (Å²) in [5.41, 5.74) is 0. The van der Waals surface area contributed by atoms with Crippen molar-refractivity contribution in [3.05, 3.63) is 0 Å². The number of aliphatic hydroxyl groups is 1. The molecule has 0 radical (unpaired) electrons. The first-order valence-electron chi connectivity index (χ1n) is 3.37. The van der Waals surface area contributed by atoms with Gasteiger partial charge in [0.1, 0.15) is 0 Å². The molecule has 0 bridgehead atoms. The van der Waals surface area contributed by atoms with Crippen LogP contribution >= 0.6 is 0 Å². The summed E-state index contributed by atoms with van der Waals surface area (Å²) in [6.45, 7) is 3.24. The van der Waals surface area contributed by atoms with E-state index >= 15 is 0 Å². The summed E-state index contributed by atoms with van der Waals surface area (Å²) in [6, 6.07) is 0. The van der Waals surface area contributed by atoms with E-state index in [1.807, 2.05) is 0 Å². The monoisotopic (exact) mass is 144 g/mol. The van der Waals surface area contributed by atoms with Crippen LogP contribution in [0.15, 0.2) is 0 Å². The third-order valence-electron chi connectivity index (χ3n) is 1.31. The molecule has 0 fully saturated rings. The van der Waals surface area contributed by atoms with Gasteiger partial charge >= 0.3 is 0 Å². The topological polar surface area (TPSA) is 54.4 Å². The van der Waals surface area contributed by atoms with E-state index in [0.717, 1.165) is 0 Å². The number of aliphatic hydroxyl groups excluding tert-OH is 1. The highest BCUT2D eigenvalue weighted by atomic mass is 16.3. The van der Waals surface area contributed by atoms with Gasteiger partial charge in [-0.05, 0) is 0 Å². The maximum absolute atomic E-state index is 10.6. The van der Waals surface area contributed by atoms with E-state index in [9.17, 15) is 9.59 Å². The van der Waals surface area contributed by atoms with E-state index in [4.69, 9.17) is 5.11 Å². The zero-order valence-corrected chi connectivity index (χ0v) is 6.26. The summed E-state index contributed by atoms with van der Waals surface area (Å²) in [4.78, 5) is 21.3. The number of carbonyl (C=O) groups excluding carboxylic acids is 2. The van der Waals surface area contributed by atoms with Gasteiger partial charge in [-0.25, -0.2) is 0 Å². The molecule has 0 aromatic carbocycles.